The minimum absolute atomic E-state index is 0.0347. The number of carbonyl (C=O) groups is 2. The highest BCUT2D eigenvalue weighted by atomic mass is 32.1. The van der Waals surface area contributed by atoms with Gasteiger partial charge in [0, 0.05) is 16.9 Å². The number of aromatic carboxylic acids is 1. The van der Waals surface area contributed by atoms with Crippen molar-refractivity contribution >= 4 is 28.9 Å². The SMILES string of the molecule is Cc1noc(C)c1CN(C(=O)C1CCC(C)CC1)c1cc(C#CC(C)(C)C)sc1C(=O)O. The fraction of sp³-hybridized carbons (Fsp3) is 0.560. The Bertz CT molecular complexity index is 1040. The molecule has 7 heteroatoms. The largest absolute Gasteiger partial charge is 0.477 e. The number of hydrogen-bond acceptors (Lipinski definition) is 5. The van der Waals surface area contributed by atoms with E-state index >= 15 is 0 Å². The normalized spacial score (nSPS) is 18.7. The van der Waals surface area contributed by atoms with Gasteiger partial charge in [0.2, 0.25) is 5.91 Å². The molecular formula is C25H32N2O4S. The number of hydrogen-bond donors (Lipinski definition) is 1. The van der Waals surface area contributed by atoms with Crippen LogP contribution in [-0.2, 0) is 11.3 Å². The number of rotatable bonds is 5. The Balaban J connectivity index is 2.05. The van der Waals surface area contributed by atoms with E-state index < -0.39 is 5.97 Å². The number of thiophene rings is 1. The van der Waals surface area contributed by atoms with Crippen molar-refractivity contribution in [2.24, 2.45) is 17.3 Å². The Kier molecular flexibility index (Phi) is 7.14. The van der Waals surface area contributed by atoms with Gasteiger partial charge in [-0.1, -0.05) is 23.9 Å². The van der Waals surface area contributed by atoms with E-state index in [2.05, 4.69) is 23.9 Å². The summed E-state index contributed by atoms with van der Waals surface area (Å²) in [4.78, 5) is 28.2. The molecule has 1 amide bonds. The lowest BCUT2D eigenvalue weighted by Gasteiger charge is -2.31. The molecule has 2 heterocycles. The van der Waals surface area contributed by atoms with Crippen molar-refractivity contribution in [1.29, 1.82) is 0 Å². The van der Waals surface area contributed by atoms with Gasteiger partial charge in [0.05, 0.1) is 22.8 Å². The average Bonchev–Trinajstić information content (AvgIpc) is 3.28. The van der Waals surface area contributed by atoms with E-state index in [0.29, 0.717) is 27.9 Å². The first-order valence-corrected chi connectivity index (χ1v) is 11.9. The number of carbonyl (C=O) groups excluding carboxylic acids is 1. The number of nitrogens with zero attached hydrogens (tertiary/aromatic N) is 2. The molecule has 1 fully saturated rings. The summed E-state index contributed by atoms with van der Waals surface area (Å²) in [6.07, 6.45) is 3.66. The Morgan fingerprint density at radius 2 is 1.91 bits per heavy atom. The third kappa shape index (κ3) is 5.60. The predicted molar refractivity (Wildman–Crippen MR) is 126 cm³/mol. The fourth-order valence-corrected chi connectivity index (χ4v) is 4.79. The molecular weight excluding hydrogens is 424 g/mol. The summed E-state index contributed by atoms with van der Waals surface area (Å²) in [5, 5.41) is 13.9. The van der Waals surface area contributed by atoms with E-state index in [9.17, 15) is 14.7 Å². The van der Waals surface area contributed by atoms with Gasteiger partial charge in [-0.05, 0) is 72.3 Å². The molecule has 0 spiro atoms. The van der Waals surface area contributed by atoms with Gasteiger partial charge in [-0.2, -0.15) is 0 Å². The van der Waals surface area contributed by atoms with Gasteiger partial charge >= 0.3 is 5.97 Å². The Hall–Kier alpha value is -2.59. The maximum Gasteiger partial charge on any atom is 0.348 e. The monoisotopic (exact) mass is 456 g/mol. The molecule has 1 aliphatic carbocycles. The first kappa shape index (κ1) is 24.1. The van der Waals surface area contributed by atoms with E-state index in [1.165, 1.54) is 0 Å². The summed E-state index contributed by atoms with van der Waals surface area (Å²) in [6.45, 7) is 12.1. The maximum atomic E-state index is 13.7. The highest BCUT2D eigenvalue weighted by Crippen LogP contribution is 2.36. The third-order valence-corrected chi connectivity index (χ3v) is 6.91. The fourth-order valence-electron chi connectivity index (χ4n) is 3.94. The second-order valence-corrected chi connectivity index (χ2v) is 10.9. The number of carboxylic acids is 1. The van der Waals surface area contributed by atoms with Crippen molar-refractivity contribution in [3.05, 3.63) is 32.8 Å². The molecule has 2 aromatic rings. The van der Waals surface area contributed by atoms with E-state index in [1.54, 1.807) is 11.0 Å². The lowest BCUT2D eigenvalue weighted by molar-refractivity contribution is -0.123. The first-order valence-electron chi connectivity index (χ1n) is 11.1. The molecule has 0 atom stereocenters. The molecule has 0 unspecified atom stereocenters. The topological polar surface area (TPSA) is 83.6 Å². The van der Waals surface area contributed by atoms with E-state index in [0.717, 1.165) is 42.6 Å². The first-order chi connectivity index (χ1) is 15.0. The van der Waals surface area contributed by atoms with Crippen LogP contribution in [0, 0.1) is 42.9 Å². The van der Waals surface area contributed by atoms with Gasteiger partial charge in [0.1, 0.15) is 10.6 Å². The predicted octanol–water partition coefficient (Wildman–Crippen LogP) is 5.81. The lowest BCUT2D eigenvalue weighted by Crippen LogP contribution is -2.38. The summed E-state index contributed by atoms with van der Waals surface area (Å²) in [5.41, 5.74) is 1.72. The van der Waals surface area contributed by atoms with Crippen LogP contribution in [0.5, 0.6) is 0 Å². The number of carboxylic acid groups (broad SMARTS) is 1. The van der Waals surface area contributed by atoms with Gasteiger partial charge in [0.15, 0.2) is 0 Å². The Morgan fingerprint density at radius 3 is 2.44 bits per heavy atom. The summed E-state index contributed by atoms with van der Waals surface area (Å²) in [7, 11) is 0. The summed E-state index contributed by atoms with van der Waals surface area (Å²) in [6, 6.07) is 1.74. The van der Waals surface area contributed by atoms with Crippen LogP contribution in [-0.4, -0.2) is 22.1 Å². The minimum atomic E-state index is -1.05. The highest BCUT2D eigenvalue weighted by Gasteiger charge is 2.33. The van der Waals surface area contributed by atoms with Crippen LogP contribution in [0.4, 0.5) is 5.69 Å². The van der Waals surface area contributed by atoms with Gasteiger partial charge < -0.3 is 14.5 Å². The zero-order valence-corrected chi connectivity index (χ0v) is 20.6. The molecule has 0 aliphatic heterocycles. The van der Waals surface area contributed by atoms with Crippen molar-refractivity contribution in [2.45, 2.75) is 73.8 Å². The van der Waals surface area contributed by atoms with Crippen LogP contribution in [0.15, 0.2) is 10.6 Å². The quantitative estimate of drug-likeness (QED) is 0.574. The smallest absolute Gasteiger partial charge is 0.348 e. The molecule has 1 saturated carbocycles. The number of aryl methyl sites for hydroxylation is 2. The second-order valence-electron chi connectivity index (χ2n) is 9.81. The van der Waals surface area contributed by atoms with Crippen LogP contribution in [0.1, 0.15) is 84.9 Å². The lowest BCUT2D eigenvalue weighted by atomic mass is 9.82. The van der Waals surface area contributed by atoms with E-state index in [4.69, 9.17) is 4.52 Å². The van der Waals surface area contributed by atoms with E-state index in [1.807, 2.05) is 34.6 Å². The molecule has 2 aromatic heterocycles. The van der Waals surface area contributed by atoms with Crippen LogP contribution < -0.4 is 4.90 Å². The summed E-state index contributed by atoms with van der Waals surface area (Å²) < 4.78 is 5.31. The number of aromatic nitrogens is 1. The van der Waals surface area contributed by atoms with Gasteiger partial charge in [-0.25, -0.2) is 4.79 Å². The number of anilines is 1. The molecule has 0 aromatic carbocycles. The zero-order chi connectivity index (χ0) is 23.6. The third-order valence-electron chi connectivity index (χ3n) is 5.89. The molecule has 3 rings (SSSR count). The molecule has 32 heavy (non-hydrogen) atoms. The van der Waals surface area contributed by atoms with Crippen LogP contribution in [0.2, 0.25) is 0 Å². The molecule has 6 nitrogen and oxygen atoms in total. The Labute approximate surface area is 194 Å². The maximum absolute atomic E-state index is 13.7. The molecule has 0 radical (unpaired) electrons. The molecule has 0 saturated heterocycles. The highest BCUT2D eigenvalue weighted by molar-refractivity contribution is 7.15. The standard InChI is InChI=1S/C25H32N2O4S/c1-15-7-9-18(10-8-15)23(28)27(14-20-16(2)26-31-17(20)3)21-13-19(11-12-25(4,5)6)32-22(21)24(29)30/h13,15,18H,7-10,14H2,1-6H3,(H,29,30). The van der Waals surface area contributed by atoms with Crippen LogP contribution in [0.3, 0.4) is 0 Å². The van der Waals surface area contributed by atoms with Crippen molar-refractivity contribution < 1.29 is 19.2 Å². The van der Waals surface area contributed by atoms with Crippen molar-refractivity contribution in [1.82, 2.24) is 5.16 Å². The molecule has 1 aliphatic rings. The molecule has 1 N–H and O–H groups in total. The second kappa shape index (κ2) is 9.50. The van der Waals surface area contributed by atoms with Crippen molar-refractivity contribution in [2.75, 3.05) is 4.90 Å². The summed E-state index contributed by atoms with van der Waals surface area (Å²) >= 11 is 1.12. The van der Waals surface area contributed by atoms with Crippen LogP contribution in [0.25, 0.3) is 0 Å². The van der Waals surface area contributed by atoms with Gasteiger partial charge in [-0.15, -0.1) is 11.3 Å². The summed E-state index contributed by atoms with van der Waals surface area (Å²) in [5.74, 6) is 6.31. The molecule has 0 bridgehead atoms. The van der Waals surface area contributed by atoms with Gasteiger partial charge in [0.25, 0.3) is 0 Å². The zero-order valence-electron chi connectivity index (χ0n) is 19.7. The van der Waals surface area contributed by atoms with Crippen molar-refractivity contribution in [3.63, 3.8) is 0 Å². The number of amides is 1. The van der Waals surface area contributed by atoms with Crippen molar-refractivity contribution in [3.8, 4) is 11.8 Å². The van der Waals surface area contributed by atoms with Crippen LogP contribution >= 0.6 is 11.3 Å². The minimum Gasteiger partial charge on any atom is -0.477 e. The van der Waals surface area contributed by atoms with E-state index in [-0.39, 0.29) is 28.7 Å². The average molecular weight is 457 g/mol. The van der Waals surface area contributed by atoms with Gasteiger partial charge in [-0.3, -0.25) is 4.79 Å². The molecule has 172 valence electrons. The Morgan fingerprint density at radius 1 is 1.25 bits per heavy atom.